The second-order valence-electron chi connectivity index (χ2n) is 11.2. The summed E-state index contributed by atoms with van der Waals surface area (Å²) in [7, 11) is 0. The van der Waals surface area contributed by atoms with E-state index in [4.69, 9.17) is 16.8 Å². The molecule has 3 aromatic rings. The number of nitrogens with one attached hydrogen (secondary N) is 3. The smallest absolute Gasteiger partial charge is 0.410 e. The van der Waals surface area contributed by atoms with Crippen LogP contribution in [0.25, 0.3) is 11.2 Å². The maximum atomic E-state index is 14.9. The molecule has 2 aliphatic rings. The molecule has 5 rings (SSSR count). The Morgan fingerprint density at radius 1 is 1.18 bits per heavy atom. The van der Waals surface area contributed by atoms with Gasteiger partial charge in [-0.25, -0.2) is 24.1 Å². The monoisotopic (exact) mass is 545 g/mol. The van der Waals surface area contributed by atoms with Crippen LogP contribution in [0, 0.1) is 41.3 Å². The van der Waals surface area contributed by atoms with E-state index < -0.39 is 11.9 Å². The number of hydrogen-bond acceptors (Lipinski definition) is 6. The molecule has 0 aliphatic heterocycles. The highest BCUT2D eigenvalue weighted by Crippen LogP contribution is 2.36. The quantitative estimate of drug-likeness (QED) is 0.162. The molecule has 0 spiro atoms. The van der Waals surface area contributed by atoms with E-state index in [9.17, 15) is 14.3 Å². The van der Waals surface area contributed by atoms with Gasteiger partial charge in [0.2, 0.25) is 0 Å². The van der Waals surface area contributed by atoms with Crippen molar-refractivity contribution in [2.45, 2.75) is 77.3 Å². The summed E-state index contributed by atoms with van der Waals surface area (Å²) in [4.78, 5) is 25.3. The summed E-state index contributed by atoms with van der Waals surface area (Å²) >= 11 is 0. The minimum atomic E-state index is -1.37. The molecule has 9 nitrogen and oxygen atoms in total. The number of carboxylic acid groups (broad SMARTS) is 1. The summed E-state index contributed by atoms with van der Waals surface area (Å²) in [5.74, 6) is 4.03. The van der Waals surface area contributed by atoms with E-state index in [0.717, 1.165) is 38.5 Å². The predicted molar refractivity (Wildman–Crippen MR) is 152 cm³/mol. The van der Waals surface area contributed by atoms with E-state index in [2.05, 4.69) is 32.7 Å². The molecule has 1 amide bonds. The molecule has 4 N–H and O–H groups in total. The van der Waals surface area contributed by atoms with Gasteiger partial charge in [0.15, 0.2) is 23.1 Å². The van der Waals surface area contributed by atoms with Gasteiger partial charge in [-0.15, -0.1) is 12.3 Å². The van der Waals surface area contributed by atoms with Crippen molar-refractivity contribution in [2.24, 2.45) is 17.8 Å². The molecule has 2 aromatic heterocycles. The normalized spacial score (nSPS) is 20.8. The van der Waals surface area contributed by atoms with Gasteiger partial charge in [0.05, 0.1) is 0 Å². The molecule has 2 atom stereocenters. The second kappa shape index (κ2) is 11.6. The van der Waals surface area contributed by atoms with E-state index in [1.807, 2.05) is 18.3 Å². The topological polar surface area (TPSA) is 129 Å². The lowest BCUT2D eigenvalue weighted by Crippen LogP contribution is -2.33. The molecular formula is C30H36FN7O2. The average Bonchev–Trinajstić information content (AvgIpc) is 3.26. The molecule has 40 heavy (non-hydrogen) atoms. The minimum Gasteiger partial charge on any atom is -0.465 e. The fourth-order valence-corrected chi connectivity index (χ4v) is 5.95. The Kier molecular flexibility index (Phi) is 8.01. The first-order valence-corrected chi connectivity index (χ1v) is 14.1. The largest absolute Gasteiger partial charge is 0.465 e. The van der Waals surface area contributed by atoms with Crippen molar-refractivity contribution < 1.29 is 14.3 Å². The Bertz CT molecular complexity index is 1450. The van der Waals surface area contributed by atoms with Crippen LogP contribution in [0.1, 0.15) is 81.9 Å². The van der Waals surface area contributed by atoms with Gasteiger partial charge < -0.3 is 15.0 Å². The van der Waals surface area contributed by atoms with Crippen molar-refractivity contribution in [2.75, 3.05) is 5.32 Å². The number of imidazole rings is 1. The lowest BCUT2D eigenvalue weighted by atomic mass is 9.80. The van der Waals surface area contributed by atoms with Crippen LogP contribution >= 0.6 is 0 Å². The Balaban J connectivity index is 1.64. The van der Waals surface area contributed by atoms with Gasteiger partial charge in [-0.05, 0) is 68.9 Å². The second-order valence-corrected chi connectivity index (χ2v) is 11.2. The number of carbonyl (C=O) groups is 1. The summed E-state index contributed by atoms with van der Waals surface area (Å²) in [6.07, 6.45) is 11.7. The zero-order valence-electron chi connectivity index (χ0n) is 23.0. The van der Waals surface area contributed by atoms with Crippen LogP contribution in [0.3, 0.4) is 0 Å². The number of amides is 1. The highest BCUT2D eigenvalue weighted by Gasteiger charge is 2.30. The summed E-state index contributed by atoms with van der Waals surface area (Å²) in [5, 5.41) is 23.0. The van der Waals surface area contributed by atoms with Gasteiger partial charge in [-0.2, -0.15) is 0 Å². The van der Waals surface area contributed by atoms with Crippen LogP contribution in [0.15, 0.2) is 24.3 Å². The first-order valence-electron chi connectivity index (χ1n) is 14.1. The molecule has 1 aromatic carbocycles. The number of halogens is 1. The van der Waals surface area contributed by atoms with Crippen molar-refractivity contribution in [1.82, 2.24) is 24.8 Å². The van der Waals surface area contributed by atoms with Crippen molar-refractivity contribution in [3.63, 3.8) is 0 Å². The first-order chi connectivity index (χ1) is 19.2. The van der Waals surface area contributed by atoms with Gasteiger partial charge in [0, 0.05) is 24.4 Å². The number of nitrogens with zero attached hydrogens (tertiary/aromatic N) is 4. The Hall–Kier alpha value is -4.00. The third-order valence-corrected chi connectivity index (χ3v) is 8.59. The zero-order valence-corrected chi connectivity index (χ0v) is 23.0. The molecular weight excluding hydrogens is 509 g/mol. The van der Waals surface area contributed by atoms with Gasteiger partial charge in [-0.1, -0.05) is 31.5 Å². The SMILES string of the molecule is C#CC1CCC(Cn2c(C(C)c3ccccc3F)nc3nc(C(=N)NC(=O)O)nc(N[C@H](C)C4CCC4)c32)CC1. The minimum absolute atomic E-state index is 0.0671. The average molecular weight is 546 g/mol. The molecule has 2 heterocycles. The maximum absolute atomic E-state index is 14.9. The van der Waals surface area contributed by atoms with Gasteiger partial charge in [0.1, 0.15) is 17.2 Å². The fraction of sp³-hybridized carbons (Fsp3) is 0.500. The Morgan fingerprint density at radius 3 is 2.52 bits per heavy atom. The van der Waals surface area contributed by atoms with Crippen LogP contribution in [0.4, 0.5) is 15.0 Å². The van der Waals surface area contributed by atoms with Crippen molar-refractivity contribution >= 4 is 28.9 Å². The summed E-state index contributed by atoms with van der Waals surface area (Å²) in [5.41, 5.74) is 1.57. The van der Waals surface area contributed by atoms with E-state index in [0.29, 0.717) is 52.7 Å². The molecule has 2 saturated carbocycles. The third-order valence-electron chi connectivity index (χ3n) is 8.59. The van der Waals surface area contributed by atoms with Crippen molar-refractivity contribution in [3.05, 3.63) is 47.3 Å². The van der Waals surface area contributed by atoms with E-state index in [1.165, 1.54) is 12.5 Å². The van der Waals surface area contributed by atoms with Crippen LogP contribution in [-0.2, 0) is 6.54 Å². The first kappa shape index (κ1) is 27.6. The maximum Gasteiger partial charge on any atom is 0.410 e. The highest BCUT2D eigenvalue weighted by atomic mass is 19.1. The van der Waals surface area contributed by atoms with E-state index >= 15 is 0 Å². The molecule has 0 bridgehead atoms. The van der Waals surface area contributed by atoms with Gasteiger partial charge >= 0.3 is 6.09 Å². The molecule has 0 radical (unpaired) electrons. The molecule has 210 valence electrons. The number of hydrogen-bond donors (Lipinski definition) is 4. The fourth-order valence-electron chi connectivity index (χ4n) is 5.95. The molecule has 2 aliphatic carbocycles. The molecule has 0 saturated heterocycles. The highest BCUT2D eigenvalue weighted by molar-refractivity contribution is 6.03. The van der Waals surface area contributed by atoms with Crippen LogP contribution in [0.2, 0.25) is 0 Å². The number of aromatic nitrogens is 4. The number of amidine groups is 1. The van der Waals surface area contributed by atoms with Crippen LogP contribution in [0.5, 0.6) is 0 Å². The lowest BCUT2D eigenvalue weighted by molar-refractivity contribution is 0.200. The summed E-state index contributed by atoms with van der Waals surface area (Å²) < 4.78 is 17.1. The van der Waals surface area contributed by atoms with E-state index in [1.54, 1.807) is 12.1 Å². The summed E-state index contributed by atoms with van der Waals surface area (Å²) in [6, 6.07) is 6.81. The number of benzene rings is 1. The Labute approximate surface area is 233 Å². The number of anilines is 1. The van der Waals surface area contributed by atoms with Gasteiger partial charge in [-0.3, -0.25) is 10.7 Å². The lowest BCUT2D eigenvalue weighted by Gasteiger charge is -2.32. The number of terminal acetylenes is 1. The third kappa shape index (κ3) is 5.64. The summed E-state index contributed by atoms with van der Waals surface area (Å²) in [6.45, 7) is 4.70. The standard InChI is InChI=1S/C30H36FN7O2/c1-4-19-12-14-20(15-13-19)16-38-24-26(33-18(3)21-8-7-9-21)35-28(25(32)34-30(39)40)36-27(24)37-29(38)17(2)22-10-5-6-11-23(22)31/h1,5-6,10-11,17-21H,7-9,12-16H2,2-3H3,(H2,32,34)(H,39,40)(H,33,35,36)/t17?,18-,19?,20?/m1/s1. The predicted octanol–water partition coefficient (Wildman–Crippen LogP) is 5.75. The number of rotatable bonds is 8. The zero-order chi connectivity index (χ0) is 28.4. The van der Waals surface area contributed by atoms with Crippen LogP contribution in [-0.4, -0.2) is 42.6 Å². The van der Waals surface area contributed by atoms with Crippen LogP contribution < -0.4 is 10.6 Å². The van der Waals surface area contributed by atoms with Crippen molar-refractivity contribution in [1.29, 1.82) is 5.41 Å². The number of fused-ring (bicyclic) bond motifs is 1. The molecule has 2 fully saturated rings. The van der Waals surface area contributed by atoms with Gasteiger partial charge in [0.25, 0.3) is 0 Å². The Morgan fingerprint density at radius 2 is 1.90 bits per heavy atom. The molecule has 10 heteroatoms. The van der Waals surface area contributed by atoms with E-state index in [-0.39, 0.29) is 23.6 Å². The molecule has 1 unspecified atom stereocenters. The van der Waals surface area contributed by atoms with Crippen molar-refractivity contribution in [3.8, 4) is 12.3 Å².